The van der Waals surface area contributed by atoms with Crippen molar-refractivity contribution in [2.24, 2.45) is 5.92 Å². The van der Waals surface area contributed by atoms with Crippen LogP contribution >= 0.6 is 23.2 Å². The highest BCUT2D eigenvalue weighted by molar-refractivity contribution is 6.35. The molecule has 1 aromatic rings. The number of hydrogen-bond donors (Lipinski definition) is 2. The van der Waals surface area contributed by atoms with Crippen LogP contribution in [0, 0.1) is 5.92 Å². The summed E-state index contributed by atoms with van der Waals surface area (Å²) in [4.78, 5) is 23.3. The molecule has 1 fully saturated rings. The summed E-state index contributed by atoms with van der Waals surface area (Å²) in [6.07, 6.45) is 0.842. The van der Waals surface area contributed by atoms with Crippen molar-refractivity contribution in [3.63, 3.8) is 0 Å². The molecule has 0 aromatic heterocycles. The molecule has 0 saturated carbocycles. The predicted molar refractivity (Wildman–Crippen MR) is 79.8 cm³/mol. The molecule has 0 spiro atoms. The predicted octanol–water partition coefficient (Wildman–Crippen LogP) is 3.20. The Hall–Kier alpha value is -1.30. The topological polar surface area (TPSA) is 75.6 Å². The van der Waals surface area contributed by atoms with E-state index in [4.69, 9.17) is 33.0 Å². The monoisotopic (exact) mass is 331 g/mol. The molecule has 0 aliphatic carbocycles. The maximum absolute atomic E-state index is 12.3. The van der Waals surface area contributed by atoms with Crippen LogP contribution in [-0.2, 0) is 14.3 Å². The smallest absolute Gasteiger partial charge is 0.304 e. The zero-order valence-corrected chi connectivity index (χ0v) is 12.7. The molecule has 0 bridgehead atoms. The van der Waals surface area contributed by atoms with E-state index in [2.05, 4.69) is 5.32 Å². The van der Waals surface area contributed by atoms with Gasteiger partial charge in [0.05, 0.1) is 29.2 Å². The highest BCUT2D eigenvalue weighted by Gasteiger charge is 2.33. The highest BCUT2D eigenvalue weighted by Crippen LogP contribution is 2.28. The van der Waals surface area contributed by atoms with Gasteiger partial charge >= 0.3 is 5.97 Å². The van der Waals surface area contributed by atoms with Crippen LogP contribution in [0.3, 0.4) is 0 Å². The lowest BCUT2D eigenvalue weighted by atomic mass is 9.95. The fraction of sp³-hybridized carbons (Fsp3) is 0.429. The molecule has 0 radical (unpaired) electrons. The molecule has 21 heavy (non-hydrogen) atoms. The molecule has 1 aliphatic heterocycles. The van der Waals surface area contributed by atoms with Crippen LogP contribution in [0.25, 0.3) is 0 Å². The van der Waals surface area contributed by atoms with Crippen LogP contribution < -0.4 is 5.32 Å². The Morgan fingerprint density at radius 3 is 2.81 bits per heavy atom. The number of carboxylic acids is 1. The first-order valence-electron chi connectivity index (χ1n) is 6.56. The van der Waals surface area contributed by atoms with Gasteiger partial charge in [-0.25, -0.2) is 0 Å². The van der Waals surface area contributed by atoms with Crippen LogP contribution in [0.15, 0.2) is 18.2 Å². The van der Waals surface area contributed by atoms with E-state index in [1.165, 1.54) is 6.07 Å². The summed E-state index contributed by atoms with van der Waals surface area (Å²) in [7, 11) is 0. The molecular weight excluding hydrogens is 317 g/mol. The van der Waals surface area contributed by atoms with E-state index < -0.39 is 17.8 Å². The van der Waals surface area contributed by atoms with Gasteiger partial charge in [0.25, 0.3) is 0 Å². The quantitative estimate of drug-likeness (QED) is 0.868. The van der Waals surface area contributed by atoms with Crippen LogP contribution in [0.2, 0.25) is 10.0 Å². The summed E-state index contributed by atoms with van der Waals surface area (Å²) < 4.78 is 5.45. The van der Waals surface area contributed by atoms with Crippen LogP contribution in [0.5, 0.6) is 0 Å². The van der Waals surface area contributed by atoms with Gasteiger partial charge in [-0.3, -0.25) is 9.59 Å². The summed E-state index contributed by atoms with van der Waals surface area (Å²) >= 11 is 11.9. The van der Waals surface area contributed by atoms with Crippen molar-refractivity contribution in [3.8, 4) is 0 Å². The SMILES string of the molecule is O=C(O)C[C@@H](C(=O)Nc1cc(Cl)ccc1Cl)[C@H]1CCCO1. The number of benzene rings is 1. The molecule has 1 saturated heterocycles. The Kier molecular flexibility index (Phi) is 5.45. The molecule has 2 rings (SSSR count). The summed E-state index contributed by atoms with van der Waals surface area (Å²) in [6, 6.07) is 4.70. The lowest BCUT2D eigenvalue weighted by molar-refractivity contribution is -0.142. The third-order valence-electron chi connectivity index (χ3n) is 3.33. The van der Waals surface area contributed by atoms with E-state index >= 15 is 0 Å². The number of rotatable bonds is 5. The first-order chi connectivity index (χ1) is 9.97. The van der Waals surface area contributed by atoms with E-state index in [1.807, 2.05) is 0 Å². The Morgan fingerprint density at radius 2 is 2.19 bits per heavy atom. The maximum atomic E-state index is 12.3. The highest BCUT2D eigenvalue weighted by atomic mass is 35.5. The van der Waals surface area contributed by atoms with Crippen molar-refractivity contribution in [2.75, 3.05) is 11.9 Å². The van der Waals surface area contributed by atoms with Crippen LogP contribution in [0.4, 0.5) is 5.69 Å². The fourth-order valence-electron chi connectivity index (χ4n) is 2.32. The van der Waals surface area contributed by atoms with Gasteiger partial charge in [0, 0.05) is 11.6 Å². The first-order valence-corrected chi connectivity index (χ1v) is 7.32. The minimum Gasteiger partial charge on any atom is -0.481 e. The number of carbonyl (C=O) groups excluding carboxylic acids is 1. The number of halogens is 2. The van der Waals surface area contributed by atoms with Gasteiger partial charge in [0.2, 0.25) is 5.91 Å². The largest absolute Gasteiger partial charge is 0.481 e. The van der Waals surface area contributed by atoms with Crippen molar-refractivity contribution in [2.45, 2.75) is 25.4 Å². The molecule has 114 valence electrons. The third kappa shape index (κ3) is 4.33. The van der Waals surface area contributed by atoms with Crippen molar-refractivity contribution in [1.82, 2.24) is 0 Å². The molecule has 7 heteroatoms. The Labute approximate surface area is 132 Å². The summed E-state index contributed by atoms with van der Waals surface area (Å²) in [6.45, 7) is 0.548. The van der Waals surface area contributed by atoms with Gasteiger partial charge in [-0.2, -0.15) is 0 Å². The number of aliphatic carboxylic acids is 1. The van der Waals surface area contributed by atoms with Crippen LogP contribution in [-0.4, -0.2) is 29.7 Å². The summed E-state index contributed by atoms with van der Waals surface area (Å²) in [5.41, 5.74) is 0.363. The van der Waals surface area contributed by atoms with Gasteiger partial charge in [-0.1, -0.05) is 23.2 Å². The number of nitrogens with one attached hydrogen (secondary N) is 1. The van der Waals surface area contributed by atoms with E-state index in [0.717, 1.165) is 6.42 Å². The van der Waals surface area contributed by atoms with Gasteiger partial charge in [-0.15, -0.1) is 0 Å². The van der Waals surface area contributed by atoms with Crippen molar-refractivity contribution in [3.05, 3.63) is 28.2 Å². The van der Waals surface area contributed by atoms with E-state index in [-0.39, 0.29) is 12.5 Å². The molecule has 2 atom stereocenters. The molecule has 2 N–H and O–H groups in total. The summed E-state index contributed by atoms with van der Waals surface area (Å²) in [5.74, 6) is -2.21. The van der Waals surface area contributed by atoms with Crippen molar-refractivity contribution >= 4 is 40.8 Å². The molecule has 1 heterocycles. The average Bonchev–Trinajstić information content (AvgIpc) is 2.93. The third-order valence-corrected chi connectivity index (χ3v) is 3.90. The number of hydrogen-bond acceptors (Lipinski definition) is 3. The van der Waals surface area contributed by atoms with E-state index in [0.29, 0.717) is 28.8 Å². The van der Waals surface area contributed by atoms with Gasteiger partial charge < -0.3 is 15.2 Å². The standard InChI is InChI=1S/C14H15Cl2NO4/c15-8-3-4-10(16)11(6-8)17-14(20)9(7-13(18)19)12-2-1-5-21-12/h3-4,6,9,12H,1-2,5,7H2,(H,17,20)(H,18,19)/t9-,12-/m1/s1. The molecule has 1 aromatic carbocycles. The van der Waals surface area contributed by atoms with Crippen molar-refractivity contribution < 1.29 is 19.4 Å². The first kappa shape index (κ1) is 16.1. The van der Waals surface area contributed by atoms with Crippen molar-refractivity contribution in [1.29, 1.82) is 0 Å². The minimum absolute atomic E-state index is 0.283. The number of carbonyl (C=O) groups is 2. The normalized spacial score (nSPS) is 19.2. The second-order valence-corrected chi connectivity index (χ2v) is 5.71. The second kappa shape index (κ2) is 7.11. The molecular formula is C14H15Cl2NO4. The Morgan fingerprint density at radius 1 is 1.43 bits per heavy atom. The fourth-order valence-corrected chi connectivity index (χ4v) is 2.66. The van der Waals surface area contributed by atoms with Gasteiger partial charge in [0.15, 0.2) is 0 Å². The molecule has 1 amide bonds. The number of amides is 1. The second-order valence-electron chi connectivity index (χ2n) is 4.87. The molecule has 0 unspecified atom stereocenters. The lowest BCUT2D eigenvalue weighted by Gasteiger charge is -2.21. The maximum Gasteiger partial charge on any atom is 0.304 e. The minimum atomic E-state index is -1.04. The number of ether oxygens (including phenoxy) is 1. The summed E-state index contributed by atoms with van der Waals surface area (Å²) in [5, 5.41) is 12.4. The zero-order valence-electron chi connectivity index (χ0n) is 11.1. The molecule has 5 nitrogen and oxygen atoms in total. The Bertz CT molecular complexity index is 544. The van der Waals surface area contributed by atoms with E-state index in [9.17, 15) is 9.59 Å². The zero-order chi connectivity index (χ0) is 15.4. The average molecular weight is 332 g/mol. The van der Waals surface area contributed by atoms with Gasteiger partial charge in [-0.05, 0) is 31.0 Å². The Balaban J connectivity index is 2.13. The van der Waals surface area contributed by atoms with Crippen LogP contribution in [0.1, 0.15) is 19.3 Å². The number of anilines is 1. The number of carboxylic acid groups (broad SMARTS) is 1. The molecule has 1 aliphatic rings. The van der Waals surface area contributed by atoms with E-state index in [1.54, 1.807) is 12.1 Å². The lowest BCUT2D eigenvalue weighted by Crippen LogP contribution is -2.34. The van der Waals surface area contributed by atoms with Gasteiger partial charge in [0.1, 0.15) is 0 Å².